The molecule has 0 aliphatic carbocycles. The minimum Gasteiger partial charge on any atom is -0.469 e. The minimum absolute atomic E-state index is 0.210. The molecular formula is C7H11BrO4. The summed E-state index contributed by atoms with van der Waals surface area (Å²) in [6.07, 6.45) is 0.598. The van der Waals surface area contributed by atoms with E-state index in [0.717, 1.165) is 0 Å². The molecule has 70 valence electrons. The van der Waals surface area contributed by atoms with Gasteiger partial charge in [-0.25, -0.2) is 0 Å². The fraction of sp³-hybridized carbons (Fsp3) is 0.714. The van der Waals surface area contributed by atoms with Gasteiger partial charge < -0.3 is 9.47 Å². The number of ether oxygens (including phenoxy) is 2. The van der Waals surface area contributed by atoms with E-state index < -0.39 is 4.83 Å². The van der Waals surface area contributed by atoms with Crippen molar-refractivity contribution in [3.05, 3.63) is 0 Å². The summed E-state index contributed by atoms with van der Waals surface area (Å²) in [5, 5.41) is 0. The Morgan fingerprint density at radius 3 is 2.33 bits per heavy atom. The third-order valence-corrected chi connectivity index (χ3v) is 2.12. The van der Waals surface area contributed by atoms with Crippen molar-refractivity contribution in [1.29, 1.82) is 0 Å². The molecule has 0 aromatic heterocycles. The molecule has 0 aliphatic rings. The zero-order valence-electron chi connectivity index (χ0n) is 7.00. The third-order valence-electron chi connectivity index (χ3n) is 1.29. The van der Waals surface area contributed by atoms with Gasteiger partial charge in [0.05, 0.1) is 14.2 Å². The second-order valence-electron chi connectivity index (χ2n) is 2.11. The van der Waals surface area contributed by atoms with Crippen molar-refractivity contribution in [2.45, 2.75) is 17.7 Å². The summed E-state index contributed by atoms with van der Waals surface area (Å²) in [5.41, 5.74) is 0. The van der Waals surface area contributed by atoms with Gasteiger partial charge >= 0.3 is 11.9 Å². The molecule has 0 unspecified atom stereocenters. The van der Waals surface area contributed by atoms with Crippen molar-refractivity contribution >= 4 is 27.9 Å². The molecule has 0 bridgehead atoms. The summed E-state index contributed by atoms with van der Waals surface area (Å²) in [7, 11) is 2.61. The smallest absolute Gasteiger partial charge is 0.319 e. The van der Waals surface area contributed by atoms with Gasteiger partial charge in [-0.2, -0.15) is 0 Å². The second kappa shape index (κ2) is 5.99. The van der Waals surface area contributed by atoms with Crippen LogP contribution in [0, 0.1) is 0 Å². The van der Waals surface area contributed by atoms with Crippen LogP contribution in [0.15, 0.2) is 0 Å². The van der Waals surface area contributed by atoms with E-state index in [1.54, 1.807) is 0 Å². The monoisotopic (exact) mass is 238 g/mol. The molecule has 0 saturated carbocycles. The van der Waals surface area contributed by atoms with Crippen LogP contribution < -0.4 is 0 Å². The lowest BCUT2D eigenvalue weighted by Crippen LogP contribution is -2.17. The number of rotatable bonds is 4. The number of methoxy groups -OCH3 is 2. The first-order valence-electron chi connectivity index (χ1n) is 3.40. The van der Waals surface area contributed by atoms with E-state index in [4.69, 9.17) is 0 Å². The van der Waals surface area contributed by atoms with Crippen LogP contribution in [0.3, 0.4) is 0 Å². The summed E-state index contributed by atoms with van der Waals surface area (Å²) in [6.45, 7) is 0. The van der Waals surface area contributed by atoms with E-state index in [-0.39, 0.29) is 18.4 Å². The van der Waals surface area contributed by atoms with E-state index in [0.29, 0.717) is 6.42 Å². The predicted molar refractivity (Wildman–Crippen MR) is 46.0 cm³/mol. The highest BCUT2D eigenvalue weighted by Gasteiger charge is 2.16. The predicted octanol–water partition coefficient (Wildman–Crippen LogP) is 0.876. The summed E-state index contributed by atoms with van der Waals surface area (Å²) in [4.78, 5) is 21.0. The number of carbonyl (C=O) groups excluding carboxylic acids is 2. The number of halogens is 1. The van der Waals surface area contributed by atoms with Gasteiger partial charge in [0.25, 0.3) is 0 Å². The molecule has 0 heterocycles. The molecule has 0 saturated heterocycles. The molecule has 0 amide bonds. The van der Waals surface area contributed by atoms with Gasteiger partial charge in [-0.15, -0.1) is 0 Å². The molecule has 0 aromatic rings. The lowest BCUT2D eigenvalue weighted by molar-refractivity contribution is -0.141. The average molecular weight is 239 g/mol. The standard InChI is InChI=1S/C7H11BrO4/c1-11-6(9)4-3-5(8)7(10)12-2/h5H,3-4H2,1-2H3/t5-/m1/s1. The average Bonchev–Trinajstić information content (AvgIpc) is 2.11. The van der Waals surface area contributed by atoms with Crippen molar-refractivity contribution in [3.8, 4) is 0 Å². The maximum Gasteiger partial charge on any atom is 0.319 e. The van der Waals surface area contributed by atoms with E-state index >= 15 is 0 Å². The fourth-order valence-corrected chi connectivity index (χ4v) is 1.01. The van der Waals surface area contributed by atoms with Crippen LogP contribution in [0.1, 0.15) is 12.8 Å². The Morgan fingerprint density at radius 1 is 1.33 bits per heavy atom. The molecule has 0 aliphatic heterocycles. The molecule has 1 atom stereocenters. The van der Waals surface area contributed by atoms with Crippen LogP contribution in [0.5, 0.6) is 0 Å². The molecule has 0 fully saturated rings. The highest BCUT2D eigenvalue weighted by Crippen LogP contribution is 2.09. The van der Waals surface area contributed by atoms with Gasteiger partial charge in [0.2, 0.25) is 0 Å². The number of hydrogen-bond acceptors (Lipinski definition) is 4. The largest absolute Gasteiger partial charge is 0.469 e. The summed E-state index contributed by atoms with van der Waals surface area (Å²) in [6, 6.07) is 0. The van der Waals surface area contributed by atoms with Crippen LogP contribution in [0.2, 0.25) is 0 Å². The Kier molecular flexibility index (Phi) is 5.70. The van der Waals surface area contributed by atoms with Gasteiger partial charge in [-0.3, -0.25) is 9.59 Å². The summed E-state index contributed by atoms with van der Waals surface area (Å²) in [5.74, 6) is -0.706. The number of esters is 2. The minimum atomic E-state index is -0.429. The van der Waals surface area contributed by atoms with E-state index in [1.807, 2.05) is 0 Å². The molecule has 4 nitrogen and oxygen atoms in total. The Hall–Kier alpha value is -0.580. The number of alkyl halides is 1. The zero-order valence-corrected chi connectivity index (χ0v) is 8.59. The maximum atomic E-state index is 10.8. The van der Waals surface area contributed by atoms with Gasteiger partial charge in [-0.1, -0.05) is 15.9 Å². The quantitative estimate of drug-likeness (QED) is 0.539. The third kappa shape index (κ3) is 4.33. The van der Waals surface area contributed by atoms with Crippen molar-refractivity contribution in [3.63, 3.8) is 0 Å². The molecule has 0 radical (unpaired) electrons. The van der Waals surface area contributed by atoms with Crippen molar-refractivity contribution in [2.75, 3.05) is 14.2 Å². The van der Waals surface area contributed by atoms with Crippen LogP contribution >= 0.6 is 15.9 Å². The van der Waals surface area contributed by atoms with Gasteiger partial charge in [-0.05, 0) is 6.42 Å². The number of carbonyl (C=O) groups is 2. The van der Waals surface area contributed by atoms with Crippen LogP contribution in [0.25, 0.3) is 0 Å². The van der Waals surface area contributed by atoms with E-state index in [9.17, 15) is 9.59 Å². The Balaban J connectivity index is 3.63. The second-order valence-corrected chi connectivity index (χ2v) is 3.21. The van der Waals surface area contributed by atoms with E-state index in [2.05, 4.69) is 25.4 Å². The van der Waals surface area contributed by atoms with Crippen molar-refractivity contribution < 1.29 is 19.1 Å². The summed E-state index contributed by atoms with van der Waals surface area (Å²) < 4.78 is 8.84. The van der Waals surface area contributed by atoms with Gasteiger partial charge in [0.1, 0.15) is 4.83 Å². The number of hydrogen-bond donors (Lipinski definition) is 0. The first kappa shape index (κ1) is 11.4. The maximum absolute atomic E-state index is 10.8. The molecule has 0 rings (SSSR count). The zero-order chi connectivity index (χ0) is 9.56. The molecule has 0 spiro atoms. The molecule has 5 heteroatoms. The van der Waals surface area contributed by atoms with Crippen LogP contribution in [-0.4, -0.2) is 31.0 Å². The highest BCUT2D eigenvalue weighted by atomic mass is 79.9. The molecule has 0 N–H and O–H groups in total. The van der Waals surface area contributed by atoms with Crippen molar-refractivity contribution in [1.82, 2.24) is 0 Å². The Bertz CT molecular complexity index is 169. The lowest BCUT2D eigenvalue weighted by atomic mass is 10.2. The normalized spacial score (nSPS) is 11.9. The van der Waals surface area contributed by atoms with Crippen LogP contribution in [0.4, 0.5) is 0 Å². The highest BCUT2D eigenvalue weighted by molar-refractivity contribution is 9.10. The van der Waals surface area contributed by atoms with Gasteiger partial charge in [0, 0.05) is 6.42 Å². The fourth-order valence-electron chi connectivity index (χ4n) is 0.592. The van der Waals surface area contributed by atoms with Crippen molar-refractivity contribution in [2.24, 2.45) is 0 Å². The first-order valence-corrected chi connectivity index (χ1v) is 4.32. The van der Waals surface area contributed by atoms with Gasteiger partial charge in [0.15, 0.2) is 0 Å². The first-order chi connectivity index (χ1) is 5.61. The van der Waals surface area contributed by atoms with Crippen LogP contribution in [-0.2, 0) is 19.1 Å². The Labute approximate surface area is 79.3 Å². The summed E-state index contributed by atoms with van der Waals surface area (Å²) >= 11 is 3.08. The Morgan fingerprint density at radius 2 is 1.92 bits per heavy atom. The molecular weight excluding hydrogens is 228 g/mol. The molecule has 12 heavy (non-hydrogen) atoms. The van der Waals surface area contributed by atoms with E-state index in [1.165, 1.54) is 14.2 Å². The lowest BCUT2D eigenvalue weighted by Gasteiger charge is -2.05. The topological polar surface area (TPSA) is 52.6 Å². The molecule has 0 aromatic carbocycles. The SMILES string of the molecule is COC(=O)CC[C@@H](Br)C(=O)OC.